The molecule has 1 aliphatic heterocycles. The van der Waals surface area contributed by atoms with Gasteiger partial charge in [0.15, 0.2) is 0 Å². The molecule has 2 nitrogen and oxygen atoms in total. The van der Waals surface area contributed by atoms with E-state index in [0.29, 0.717) is 22.7 Å². The van der Waals surface area contributed by atoms with Crippen LogP contribution in [0.3, 0.4) is 0 Å². The van der Waals surface area contributed by atoms with Gasteiger partial charge in [-0.3, -0.25) is 4.79 Å². The van der Waals surface area contributed by atoms with Gasteiger partial charge in [-0.05, 0) is 86.9 Å². The van der Waals surface area contributed by atoms with Crippen LogP contribution in [0.1, 0.15) is 78.1 Å². The fourth-order valence-electron chi connectivity index (χ4n) is 7.96. The molecule has 0 radical (unpaired) electrons. The molecule has 1 saturated heterocycles. The van der Waals surface area contributed by atoms with Crippen LogP contribution in [0.15, 0.2) is 0 Å². The van der Waals surface area contributed by atoms with Crippen LogP contribution in [-0.2, 0) is 9.53 Å². The van der Waals surface area contributed by atoms with Crippen molar-refractivity contribution in [1.82, 2.24) is 0 Å². The molecule has 1 spiro atoms. The smallest absolute Gasteiger partial charge is 0.139 e. The Morgan fingerprint density at radius 3 is 2.65 bits per heavy atom. The Kier molecular flexibility index (Phi) is 3.00. The molecule has 0 amide bonds. The van der Waals surface area contributed by atoms with Gasteiger partial charge in [0, 0.05) is 11.8 Å². The van der Waals surface area contributed by atoms with E-state index in [1.165, 1.54) is 57.8 Å². The summed E-state index contributed by atoms with van der Waals surface area (Å²) in [7, 11) is 0. The average molecular weight is 316 g/mol. The number of ether oxygens (including phenoxy) is 1. The average Bonchev–Trinajstić information content (AvgIpc) is 3.24. The fraction of sp³-hybridized carbons (Fsp3) is 0.952. The van der Waals surface area contributed by atoms with Crippen LogP contribution in [0.5, 0.6) is 0 Å². The number of fused-ring (bicyclic) bond motifs is 5. The number of epoxide rings is 1. The zero-order chi connectivity index (χ0) is 15.9. The van der Waals surface area contributed by atoms with Gasteiger partial charge in [-0.2, -0.15) is 0 Å². The topological polar surface area (TPSA) is 29.6 Å². The maximum atomic E-state index is 12.5. The highest BCUT2D eigenvalue weighted by atomic mass is 16.6. The maximum absolute atomic E-state index is 12.5. The van der Waals surface area contributed by atoms with Crippen molar-refractivity contribution >= 4 is 5.78 Å². The molecule has 23 heavy (non-hydrogen) atoms. The third-order valence-corrected chi connectivity index (χ3v) is 9.42. The number of carbonyl (C=O) groups excluding carboxylic acids is 1. The van der Waals surface area contributed by atoms with Crippen molar-refractivity contribution in [2.75, 3.05) is 6.61 Å². The van der Waals surface area contributed by atoms with Crippen LogP contribution in [0.4, 0.5) is 0 Å². The van der Waals surface area contributed by atoms with E-state index in [1.807, 2.05) is 0 Å². The highest BCUT2D eigenvalue weighted by molar-refractivity contribution is 5.87. The van der Waals surface area contributed by atoms with Crippen molar-refractivity contribution in [3.05, 3.63) is 0 Å². The molecular weight excluding hydrogens is 284 g/mol. The van der Waals surface area contributed by atoms with Gasteiger partial charge in [0.05, 0.1) is 12.2 Å². The standard InChI is InChI=1S/C21H32O2/c1-3-21-11-10-20(13-23-20)12-14(21)4-5-15-16-6-7-18(22)19(16,2)9-8-17(15)21/h14-17H,3-13H2,1-2H3/t14-,15+,16+,17+,19+,20-,21+/m1/s1. The van der Waals surface area contributed by atoms with Gasteiger partial charge in [-0.25, -0.2) is 0 Å². The van der Waals surface area contributed by atoms with Gasteiger partial charge in [-0.15, -0.1) is 0 Å². The first-order valence-corrected chi connectivity index (χ1v) is 10.2. The summed E-state index contributed by atoms with van der Waals surface area (Å²) in [6, 6.07) is 0. The number of hydrogen-bond acceptors (Lipinski definition) is 2. The van der Waals surface area contributed by atoms with Crippen molar-refractivity contribution in [2.24, 2.45) is 34.5 Å². The lowest BCUT2D eigenvalue weighted by Crippen LogP contribution is -2.55. The van der Waals surface area contributed by atoms with Crippen LogP contribution in [-0.4, -0.2) is 18.0 Å². The first-order valence-electron chi connectivity index (χ1n) is 10.2. The molecule has 0 aromatic carbocycles. The molecule has 5 aliphatic rings. The van der Waals surface area contributed by atoms with Crippen molar-refractivity contribution in [3.63, 3.8) is 0 Å². The summed E-state index contributed by atoms with van der Waals surface area (Å²) < 4.78 is 5.87. The Balaban J connectivity index is 1.47. The number of ketones is 1. The zero-order valence-electron chi connectivity index (χ0n) is 14.9. The molecule has 0 aromatic rings. The molecule has 1 heterocycles. The van der Waals surface area contributed by atoms with Gasteiger partial charge >= 0.3 is 0 Å². The second-order valence-electron chi connectivity index (χ2n) is 9.83. The van der Waals surface area contributed by atoms with E-state index < -0.39 is 0 Å². The second-order valence-corrected chi connectivity index (χ2v) is 9.83. The van der Waals surface area contributed by atoms with E-state index in [0.717, 1.165) is 30.8 Å². The first-order chi connectivity index (χ1) is 11.0. The largest absolute Gasteiger partial charge is 0.370 e. The minimum absolute atomic E-state index is 0.0401. The van der Waals surface area contributed by atoms with Gasteiger partial charge in [0.2, 0.25) is 0 Å². The number of Topliss-reactive ketones (excluding diaryl/α,β-unsaturated/α-hetero) is 1. The molecule has 128 valence electrons. The summed E-state index contributed by atoms with van der Waals surface area (Å²) in [5, 5.41) is 0. The highest BCUT2D eigenvalue weighted by Gasteiger charge is 2.64. The molecular formula is C21H32O2. The van der Waals surface area contributed by atoms with E-state index in [2.05, 4.69) is 13.8 Å². The van der Waals surface area contributed by atoms with E-state index in [-0.39, 0.29) is 5.41 Å². The van der Waals surface area contributed by atoms with Gasteiger partial charge in [0.25, 0.3) is 0 Å². The highest BCUT2D eigenvalue weighted by Crippen LogP contribution is 2.68. The fourth-order valence-corrected chi connectivity index (χ4v) is 7.96. The predicted molar refractivity (Wildman–Crippen MR) is 90.0 cm³/mol. The minimum Gasteiger partial charge on any atom is -0.370 e. The maximum Gasteiger partial charge on any atom is 0.139 e. The molecule has 5 fully saturated rings. The third-order valence-electron chi connectivity index (χ3n) is 9.42. The number of rotatable bonds is 1. The lowest BCUT2D eigenvalue weighted by Gasteiger charge is -2.61. The minimum atomic E-state index is 0.0401. The van der Waals surface area contributed by atoms with Gasteiger partial charge in [-0.1, -0.05) is 13.8 Å². The van der Waals surface area contributed by atoms with Gasteiger partial charge in [0.1, 0.15) is 5.78 Å². The van der Waals surface area contributed by atoms with Crippen molar-refractivity contribution in [3.8, 4) is 0 Å². The molecule has 0 unspecified atom stereocenters. The predicted octanol–water partition coefficient (Wildman–Crippen LogP) is 4.76. The Morgan fingerprint density at radius 2 is 1.91 bits per heavy atom. The SMILES string of the molecule is CC[C@]12CC[C@]3(CO3)C[C@H]1CC[C@@H]1[C@@H]2CC[C@]2(C)C(=O)CC[C@@H]12. The summed E-state index contributed by atoms with van der Waals surface area (Å²) in [6.07, 6.45) is 12.7. The number of carbonyl (C=O) groups is 1. The summed E-state index contributed by atoms with van der Waals surface area (Å²) in [5.41, 5.74) is 0.925. The molecule has 4 aliphatic carbocycles. The van der Waals surface area contributed by atoms with Gasteiger partial charge < -0.3 is 4.74 Å². The van der Waals surface area contributed by atoms with Crippen LogP contribution >= 0.6 is 0 Å². The van der Waals surface area contributed by atoms with Crippen LogP contribution in [0.2, 0.25) is 0 Å². The Labute approximate surface area is 140 Å². The Morgan fingerprint density at radius 1 is 1.09 bits per heavy atom. The molecule has 5 rings (SSSR count). The second kappa shape index (κ2) is 4.62. The molecule has 0 bridgehead atoms. The van der Waals surface area contributed by atoms with Crippen molar-refractivity contribution in [2.45, 2.75) is 83.7 Å². The van der Waals surface area contributed by atoms with Crippen LogP contribution in [0, 0.1) is 34.5 Å². The summed E-state index contributed by atoms with van der Waals surface area (Å²) in [5.74, 6) is 3.91. The molecule has 0 N–H and O–H groups in total. The molecule has 0 aromatic heterocycles. The third kappa shape index (κ3) is 1.82. The zero-order valence-corrected chi connectivity index (χ0v) is 14.9. The quantitative estimate of drug-likeness (QED) is 0.653. The molecule has 4 saturated carbocycles. The van der Waals surface area contributed by atoms with Crippen molar-refractivity contribution in [1.29, 1.82) is 0 Å². The van der Waals surface area contributed by atoms with Crippen molar-refractivity contribution < 1.29 is 9.53 Å². The normalized spacial score (nSPS) is 57.7. The van der Waals surface area contributed by atoms with Crippen LogP contribution in [0.25, 0.3) is 0 Å². The van der Waals surface area contributed by atoms with E-state index in [1.54, 1.807) is 0 Å². The molecule has 2 heteroatoms. The van der Waals surface area contributed by atoms with E-state index in [9.17, 15) is 4.79 Å². The summed E-state index contributed by atoms with van der Waals surface area (Å²) >= 11 is 0. The Bertz CT molecular complexity index is 536. The lowest BCUT2D eigenvalue weighted by atomic mass is 9.43. The van der Waals surface area contributed by atoms with E-state index >= 15 is 0 Å². The van der Waals surface area contributed by atoms with E-state index in [4.69, 9.17) is 4.74 Å². The Hall–Kier alpha value is -0.370. The molecule has 7 atom stereocenters. The monoisotopic (exact) mass is 316 g/mol. The van der Waals surface area contributed by atoms with Crippen LogP contribution < -0.4 is 0 Å². The first kappa shape index (κ1) is 14.9. The number of hydrogen-bond donors (Lipinski definition) is 0. The lowest BCUT2D eigenvalue weighted by molar-refractivity contribution is -0.144. The summed E-state index contributed by atoms with van der Waals surface area (Å²) in [4.78, 5) is 12.5. The summed E-state index contributed by atoms with van der Waals surface area (Å²) in [6.45, 7) is 5.79.